The molecule has 1 aliphatic carbocycles. The minimum atomic E-state index is -1.09. The summed E-state index contributed by atoms with van der Waals surface area (Å²) in [6.07, 6.45) is 5.43. The van der Waals surface area contributed by atoms with Crippen LogP contribution in [0, 0.1) is 0 Å². The lowest BCUT2D eigenvalue weighted by atomic mass is 9.97. The van der Waals surface area contributed by atoms with Crippen molar-refractivity contribution < 1.29 is 19.4 Å². The number of carbonyl (C=O) groups is 2. The number of hydrazone groups is 1. The third-order valence-electron chi connectivity index (χ3n) is 5.97. The third-order valence-corrected chi connectivity index (χ3v) is 8.09. The Kier molecular flexibility index (Phi) is 7.85. The first-order chi connectivity index (χ1) is 18.5. The van der Waals surface area contributed by atoms with Crippen molar-refractivity contribution in [2.45, 2.75) is 30.8 Å². The number of rotatable bonds is 9. The minimum absolute atomic E-state index is 0.00955. The summed E-state index contributed by atoms with van der Waals surface area (Å²) in [5.74, 6) is -1.14. The molecule has 2 aromatic heterocycles. The van der Waals surface area contributed by atoms with Crippen molar-refractivity contribution in [2.24, 2.45) is 5.10 Å². The second kappa shape index (κ2) is 11.6. The summed E-state index contributed by atoms with van der Waals surface area (Å²) in [6.45, 7) is -0.485. The van der Waals surface area contributed by atoms with Crippen LogP contribution in [0.2, 0.25) is 0 Å². The van der Waals surface area contributed by atoms with E-state index >= 15 is 0 Å². The SMILES string of the molecule is O=C(O)COc1ccccc1/C=N\NC(=O)CSc1nc2sc3c(c2c(=O)n1-c1ccccc1)CCCC3. The highest BCUT2D eigenvalue weighted by atomic mass is 32.2. The first kappa shape index (κ1) is 25.7. The van der Waals surface area contributed by atoms with Crippen LogP contribution in [0.1, 0.15) is 28.8 Å². The number of amides is 1. The number of nitrogens with one attached hydrogen (secondary N) is 1. The van der Waals surface area contributed by atoms with E-state index in [0.717, 1.165) is 31.2 Å². The predicted octanol–water partition coefficient (Wildman–Crippen LogP) is 4.03. The molecule has 0 aliphatic heterocycles. The van der Waals surface area contributed by atoms with E-state index in [0.29, 0.717) is 32.4 Å². The van der Waals surface area contributed by atoms with Gasteiger partial charge in [0, 0.05) is 10.4 Å². The van der Waals surface area contributed by atoms with Gasteiger partial charge < -0.3 is 9.84 Å². The summed E-state index contributed by atoms with van der Waals surface area (Å²) < 4.78 is 6.83. The number of carboxylic acid groups (broad SMARTS) is 1. The van der Waals surface area contributed by atoms with Gasteiger partial charge >= 0.3 is 5.97 Å². The van der Waals surface area contributed by atoms with E-state index < -0.39 is 12.6 Å². The lowest BCUT2D eigenvalue weighted by Gasteiger charge is -2.13. The Hall–Kier alpha value is -3.96. The molecule has 2 heterocycles. The molecule has 0 saturated heterocycles. The molecule has 0 atom stereocenters. The Balaban J connectivity index is 1.35. The summed E-state index contributed by atoms with van der Waals surface area (Å²) in [5, 5.41) is 13.9. The highest BCUT2D eigenvalue weighted by Crippen LogP contribution is 2.35. The summed E-state index contributed by atoms with van der Waals surface area (Å²) in [7, 11) is 0. The number of thiophene rings is 1. The number of aliphatic carboxylic acids is 1. The maximum Gasteiger partial charge on any atom is 0.341 e. The van der Waals surface area contributed by atoms with Crippen molar-refractivity contribution in [2.75, 3.05) is 12.4 Å². The van der Waals surface area contributed by atoms with Crippen molar-refractivity contribution >= 4 is 51.4 Å². The van der Waals surface area contributed by atoms with Crippen LogP contribution >= 0.6 is 23.1 Å². The number of fused-ring (bicyclic) bond motifs is 3. The maximum absolute atomic E-state index is 13.7. The smallest absolute Gasteiger partial charge is 0.341 e. The molecule has 2 aromatic carbocycles. The molecular weight excluding hydrogens is 524 g/mol. The maximum atomic E-state index is 13.7. The number of ether oxygens (including phenoxy) is 1. The summed E-state index contributed by atoms with van der Waals surface area (Å²) >= 11 is 2.74. The second-order valence-corrected chi connectivity index (χ2v) is 10.6. The van der Waals surface area contributed by atoms with Gasteiger partial charge in [-0.3, -0.25) is 14.2 Å². The van der Waals surface area contributed by atoms with Crippen LogP contribution in [0.25, 0.3) is 15.9 Å². The molecular formula is C27H24N4O5S2. The molecule has 2 N–H and O–H groups in total. The average molecular weight is 549 g/mol. The second-order valence-electron chi connectivity index (χ2n) is 8.56. The van der Waals surface area contributed by atoms with Gasteiger partial charge in [-0.25, -0.2) is 15.2 Å². The minimum Gasteiger partial charge on any atom is -0.481 e. The first-order valence-corrected chi connectivity index (χ1v) is 13.8. The van der Waals surface area contributed by atoms with Crippen LogP contribution in [0.3, 0.4) is 0 Å². The van der Waals surface area contributed by atoms with E-state index in [1.165, 1.54) is 22.9 Å². The molecule has 194 valence electrons. The highest BCUT2D eigenvalue weighted by Gasteiger charge is 2.23. The van der Waals surface area contributed by atoms with E-state index in [-0.39, 0.29) is 17.2 Å². The van der Waals surface area contributed by atoms with Crippen LogP contribution in [0.4, 0.5) is 0 Å². The topological polar surface area (TPSA) is 123 Å². The number of carbonyl (C=O) groups excluding carboxylic acids is 1. The summed E-state index contributed by atoms with van der Waals surface area (Å²) in [5.41, 5.74) is 4.70. The number of nitrogens with zero attached hydrogens (tertiary/aromatic N) is 3. The number of aryl methyl sites for hydroxylation is 2. The van der Waals surface area contributed by atoms with Crippen LogP contribution in [-0.4, -0.2) is 45.1 Å². The molecule has 0 fully saturated rings. The van der Waals surface area contributed by atoms with Crippen LogP contribution < -0.4 is 15.7 Å². The van der Waals surface area contributed by atoms with E-state index in [1.807, 2.05) is 30.3 Å². The van der Waals surface area contributed by atoms with Crippen LogP contribution in [-0.2, 0) is 22.4 Å². The number of aromatic nitrogens is 2. The molecule has 9 nitrogen and oxygen atoms in total. The van der Waals surface area contributed by atoms with Crippen LogP contribution in [0.15, 0.2) is 69.6 Å². The Bertz CT molecular complexity index is 1580. The first-order valence-electron chi connectivity index (χ1n) is 12.0. The van der Waals surface area contributed by atoms with Gasteiger partial charge in [-0.1, -0.05) is 42.1 Å². The molecule has 1 amide bonds. The van der Waals surface area contributed by atoms with Crippen molar-refractivity contribution in [3.05, 3.63) is 81.0 Å². The fourth-order valence-corrected chi connectivity index (χ4v) is 6.39. The van der Waals surface area contributed by atoms with Gasteiger partial charge in [-0.15, -0.1) is 11.3 Å². The van der Waals surface area contributed by atoms with Crippen molar-refractivity contribution in [3.8, 4) is 11.4 Å². The molecule has 4 aromatic rings. The number of hydrogen-bond acceptors (Lipinski definition) is 8. The lowest BCUT2D eigenvalue weighted by molar-refractivity contribution is -0.139. The zero-order chi connectivity index (χ0) is 26.5. The number of hydrogen-bond donors (Lipinski definition) is 2. The van der Waals surface area contributed by atoms with E-state index in [1.54, 1.807) is 40.2 Å². The Morgan fingerprint density at radius 2 is 1.89 bits per heavy atom. The normalized spacial score (nSPS) is 12.9. The van der Waals surface area contributed by atoms with Gasteiger partial charge in [0.05, 0.1) is 23.0 Å². The quantitative estimate of drug-likeness (QED) is 0.140. The van der Waals surface area contributed by atoms with Crippen LogP contribution in [0.5, 0.6) is 5.75 Å². The monoisotopic (exact) mass is 548 g/mol. The predicted molar refractivity (Wildman–Crippen MR) is 148 cm³/mol. The van der Waals surface area contributed by atoms with Crippen molar-refractivity contribution in [1.82, 2.24) is 15.0 Å². The highest BCUT2D eigenvalue weighted by molar-refractivity contribution is 7.99. The molecule has 0 radical (unpaired) electrons. The largest absolute Gasteiger partial charge is 0.481 e. The number of benzene rings is 2. The molecule has 11 heteroatoms. The zero-order valence-electron chi connectivity index (χ0n) is 20.3. The molecule has 0 unspecified atom stereocenters. The van der Waals surface area contributed by atoms with Gasteiger partial charge in [0.25, 0.3) is 11.5 Å². The van der Waals surface area contributed by atoms with Gasteiger partial charge in [0.2, 0.25) is 0 Å². The lowest BCUT2D eigenvalue weighted by Crippen LogP contribution is -2.24. The average Bonchev–Trinajstić information content (AvgIpc) is 3.30. The van der Waals surface area contributed by atoms with E-state index in [4.69, 9.17) is 14.8 Å². The van der Waals surface area contributed by atoms with Gasteiger partial charge in [0.15, 0.2) is 11.8 Å². The molecule has 0 bridgehead atoms. The molecule has 0 saturated carbocycles. The Morgan fingerprint density at radius 3 is 2.71 bits per heavy atom. The van der Waals surface area contributed by atoms with E-state index in [9.17, 15) is 14.4 Å². The molecule has 1 aliphatic rings. The van der Waals surface area contributed by atoms with Crippen molar-refractivity contribution in [3.63, 3.8) is 0 Å². The zero-order valence-corrected chi connectivity index (χ0v) is 21.9. The Labute approximate surface area is 226 Å². The van der Waals surface area contributed by atoms with Crippen molar-refractivity contribution in [1.29, 1.82) is 0 Å². The van der Waals surface area contributed by atoms with E-state index in [2.05, 4.69) is 10.5 Å². The standard InChI is InChI=1S/C27H24N4O5S2/c32-22(30-28-14-17-8-4-6-12-20(17)36-15-23(33)34)16-37-27-29-25-24(19-11-5-7-13-21(19)38-25)26(35)31(27)18-9-2-1-3-10-18/h1-4,6,8-10,12,14H,5,7,11,13,15-16H2,(H,30,32)(H,33,34)/b28-14-. The summed E-state index contributed by atoms with van der Waals surface area (Å²) in [6, 6.07) is 16.1. The third kappa shape index (κ3) is 5.63. The number of carboxylic acids is 1. The van der Waals surface area contributed by atoms with Gasteiger partial charge in [-0.05, 0) is 55.5 Å². The fraction of sp³-hybridized carbons (Fsp3) is 0.222. The number of para-hydroxylation sites is 2. The molecule has 38 heavy (non-hydrogen) atoms. The van der Waals surface area contributed by atoms with Gasteiger partial charge in [0.1, 0.15) is 10.6 Å². The van der Waals surface area contributed by atoms with Gasteiger partial charge in [-0.2, -0.15) is 5.10 Å². The Morgan fingerprint density at radius 1 is 1.13 bits per heavy atom. The summed E-state index contributed by atoms with van der Waals surface area (Å²) in [4.78, 5) is 43.9. The molecule has 0 spiro atoms. The number of thioether (sulfide) groups is 1. The fourth-order valence-electron chi connectivity index (χ4n) is 4.28. The molecule has 5 rings (SSSR count).